The van der Waals surface area contributed by atoms with E-state index in [4.69, 9.17) is 14.4 Å². The molecule has 0 fully saturated rings. The Labute approximate surface area is 327 Å². The molecule has 0 amide bonds. The van der Waals surface area contributed by atoms with Crippen molar-refractivity contribution < 1.29 is 4.42 Å². The van der Waals surface area contributed by atoms with Crippen LogP contribution in [0, 0.1) is 0 Å². The number of aliphatic imine (C=N–C) groups is 2. The van der Waals surface area contributed by atoms with Gasteiger partial charge in [-0.05, 0) is 63.7 Å². The Bertz CT molecular complexity index is 3140. The van der Waals surface area contributed by atoms with Gasteiger partial charge in [0.2, 0.25) is 0 Å². The third-order valence-electron chi connectivity index (χ3n) is 10.7. The van der Waals surface area contributed by atoms with Gasteiger partial charge >= 0.3 is 0 Å². The van der Waals surface area contributed by atoms with E-state index in [2.05, 4.69) is 181 Å². The van der Waals surface area contributed by atoms with Gasteiger partial charge < -0.3 is 9.73 Å². The van der Waals surface area contributed by atoms with Gasteiger partial charge in [0.25, 0.3) is 0 Å². The number of thiophene rings is 1. The van der Waals surface area contributed by atoms with Gasteiger partial charge in [0, 0.05) is 47.6 Å². The minimum Gasteiger partial charge on any atom is -0.455 e. The predicted octanol–water partition coefficient (Wildman–Crippen LogP) is 13.5. The third-order valence-corrected chi connectivity index (χ3v) is 11.9. The summed E-state index contributed by atoms with van der Waals surface area (Å²) in [4.78, 5) is 10.3. The van der Waals surface area contributed by atoms with Gasteiger partial charge in [-0.1, -0.05) is 158 Å². The largest absolute Gasteiger partial charge is 0.455 e. The molecule has 4 nitrogen and oxygen atoms in total. The Balaban J connectivity index is 1.06. The first-order valence-corrected chi connectivity index (χ1v) is 19.7. The fourth-order valence-corrected chi connectivity index (χ4v) is 9.19. The highest BCUT2D eigenvalue weighted by Gasteiger charge is 2.23. The van der Waals surface area contributed by atoms with Crippen molar-refractivity contribution in [3.8, 4) is 33.4 Å². The SMILES string of the molecule is c1ccc(-c2ccc(C3=NC(c4ccccc4)NC(c4cccc(-c5cc6c7cc(-c8ccccc8)ccc7oc6c6c5sc5ccccc56)c4)=N3)cc2)cc1. The molecule has 1 aliphatic rings. The maximum atomic E-state index is 6.74. The Morgan fingerprint density at radius 3 is 1.89 bits per heavy atom. The van der Waals surface area contributed by atoms with Crippen molar-refractivity contribution in [2.24, 2.45) is 9.98 Å². The van der Waals surface area contributed by atoms with E-state index in [0.29, 0.717) is 5.84 Å². The first kappa shape index (κ1) is 32.4. The van der Waals surface area contributed by atoms with Gasteiger partial charge in [-0.2, -0.15) is 0 Å². The number of nitrogens with zero attached hydrogens (tertiary/aromatic N) is 2. The molecule has 5 heteroatoms. The van der Waals surface area contributed by atoms with Gasteiger partial charge in [0.15, 0.2) is 5.84 Å². The van der Waals surface area contributed by atoms with E-state index in [0.717, 1.165) is 61.0 Å². The second-order valence-electron chi connectivity index (χ2n) is 14.2. The maximum absolute atomic E-state index is 6.74. The standard InChI is InChI=1S/C51H33N3OS/c1-4-13-32(14-5-1)34-23-25-36(26-24-34)50-52-49(35-17-8-3-9-18-35)53-51(54-50)39-20-12-19-38(29-39)41-31-43-42-30-37(33-15-6-2-7-16-33)27-28-44(42)55-47(43)46-40-21-10-11-22-45(40)56-48(41)46/h1-31,49H,(H,52,53,54). The van der Waals surface area contributed by atoms with Crippen LogP contribution in [0.1, 0.15) is 22.9 Å². The number of hydrogen-bond donors (Lipinski definition) is 1. The Morgan fingerprint density at radius 2 is 1.11 bits per heavy atom. The first-order chi connectivity index (χ1) is 27.7. The zero-order valence-corrected chi connectivity index (χ0v) is 31.0. The van der Waals surface area contributed by atoms with Crippen molar-refractivity contribution in [1.82, 2.24) is 5.32 Å². The average molecular weight is 736 g/mol. The molecule has 10 aromatic rings. The molecule has 1 unspecified atom stereocenters. The quantitative estimate of drug-likeness (QED) is 0.185. The van der Waals surface area contributed by atoms with E-state index < -0.39 is 0 Å². The number of benzene rings is 8. The molecule has 0 aliphatic carbocycles. The second kappa shape index (κ2) is 13.3. The lowest BCUT2D eigenvalue weighted by molar-refractivity contribution is 0.673. The van der Waals surface area contributed by atoms with Crippen LogP contribution in [0.2, 0.25) is 0 Å². The smallest absolute Gasteiger partial charge is 0.159 e. The van der Waals surface area contributed by atoms with Crippen LogP contribution in [0.25, 0.3) is 75.5 Å². The highest BCUT2D eigenvalue weighted by Crippen LogP contribution is 2.47. The molecule has 0 saturated heterocycles. The van der Waals surface area contributed by atoms with Crippen LogP contribution >= 0.6 is 11.3 Å². The van der Waals surface area contributed by atoms with Gasteiger partial charge in [-0.15, -0.1) is 11.3 Å². The molecule has 8 aromatic carbocycles. The van der Waals surface area contributed by atoms with Crippen molar-refractivity contribution >= 4 is 65.1 Å². The molecule has 1 aliphatic heterocycles. The van der Waals surface area contributed by atoms with Crippen molar-refractivity contribution in [3.05, 3.63) is 205 Å². The molecule has 11 rings (SSSR count). The van der Waals surface area contributed by atoms with Crippen molar-refractivity contribution in [1.29, 1.82) is 0 Å². The molecule has 1 atom stereocenters. The molecule has 0 radical (unpaired) electrons. The number of rotatable bonds is 6. The van der Waals surface area contributed by atoms with Crippen molar-refractivity contribution in [2.45, 2.75) is 6.17 Å². The summed E-state index contributed by atoms with van der Waals surface area (Å²) in [5.74, 6) is 1.48. The van der Waals surface area contributed by atoms with Gasteiger partial charge in [-0.3, -0.25) is 0 Å². The molecular weight excluding hydrogens is 703 g/mol. The minimum atomic E-state index is -0.294. The van der Waals surface area contributed by atoms with Crippen LogP contribution in [0.4, 0.5) is 0 Å². The number of amidine groups is 2. The molecule has 0 bridgehead atoms. The molecule has 56 heavy (non-hydrogen) atoms. The lowest BCUT2D eigenvalue weighted by atomic mass is 9.96. The molecule has 3 heterocycles. The lowest BCUT2D eigenvalue weighted by Crippen LogP contribution is -2.33. The zero-order valence-electron chi connectivity index (χ0n) is 30.2. The highest BCUT2D eigenvalue weighted by atomic mass is 32.1. The van der Waals surface area contributed by atoms with Gasteiger partial charge in [0.05, 0.1) is 0 Å². The van der Waals surface area contributed by atoms with Crippen LogP contribution in [0.15, 0.2) is 202 Å². The number of furan rings is 1. The Morgan fingerprint density at radius 1 is 0.482 bits per heavy atom. The highest BCUT2D eigenvalue weighted by molar-refractivity contribution is 7.26. The lowest BCUT2D eigenvalue weighted by Gasteiger charge is -2.24. The third kappa shape index (κ3) is 5.60. The summed E-state index contributed by atoms with van der Waals surface area (Å²) in [5.41, 5.74) is 11.8. The van der Waals surface area contributed by atoms with E-state index >= 15 is 0 Å². The van der Waals surface area contributed by atoms with Crippen LogP contribution < -0.4 is 5.32 Å². The number of nitrogens with one attached hydrogen (secondary N) is 1. The average Bonchev–Trinajstić information content (AvgIpc) is 3.85. The van der Waals surface area contributed by atoms with Crippen LogP contribution in [0.5, 0.6) is 0 Å². The van der Waals surface area contributed by atoms with E-state index in [9.17, 15) is 0 Å². The van der Waals surface area contributed by atoms with Crippen LogP contribution in [-0.4, -0.2) is 11.7 Å². The van der Waals surface area contributed by atoms with Crippen molar-refractivity contribution in [3.63, 3.8) is 0 Å². The summed E-state index contributed by atoms with van der Waals surface area (Å²) in [6.07, 6.45) is -0.294. The fraction of sp³-hybridized carbons (Fsp3) is 0.0196. The van der Waals surface area contributed by atoms with Crippen LogP contribution in [0.3, 0.4) is 0 Å². The number of hydrogen-bond acceptors (Lipinski definition) is 5. The topological polar surface area (TPSA) is 49.9 Å². The predicted molar refractivity (Wildman–Crippen MR) is 235 cm³/mol. The normalized spacial score (nSPS) is 14.2. The zero-order chi connectivity index (χ0) is 37.0. The first-order valence-electron chi connectivity index (χ1n) is 18.8. The molecule has 2 aromatic heterocycles. The summed E-state index contributed by atoms with van der Waals surface area (Å²) >= 11 is 1.82. The maximum Gasteiger partial charge on any atom is 0.159 e. The second-order valence-corrected chi connectivity index (χ2v) is 15.2. The molecular formula is C51H33N3OS. The van der Waals surface area contributed by atoms with Crippen molar-refractivity contribution in [2.75, 3.05) is 0 Å². The molecule has 0 spiro atoms. The summed E-state index contributed by atoms with van der Waals surface area (Å²) in [6, 6.07) is 66.2. The molecule has 0 saturated carbocycles. The monoisotopic (exact) mass is 735 g/mol. The summed E-state index contributed by atoms with van der Waals surface area (Å²) in [7, 11) is 0. The summed E-state index contributed by atoms with van der Waals surface area (Å²) < 4.78 is 9.18. The fourth-order valence-electron chi connectivity index (χ4n) is 7.95. The van der Waals surface area contributed by atoms with E-state index in [1.54, 1.807) is 0 Å². The summed E-state index contributed by atoms with van der Waals surface area (Å²) in [6.45, 7) is 0. The van der Waals surface area contributed by atoms with Gasteiger partial charge in [0.1, 0.15) is 23.2 Å². The molecule has 264 valence electrons. The van der Waals surface area contributed by atoms with Crippen LogP contribution in [-0.2, 0) is 0 Å². The molecule has 1 N–H and O–H groups in total. The van der Waals surface area contributed by atoms with Gasteiger partial charge in [-0.25, -0.2) is 9.98 Å². The minimum absolute atomic E-state index is 0.294. The van der Waals surface area contributed by atoms with E-state index in [-0.39, 0.29) is 6.17 Å². The summed E-state index contributed by atoms with van der Waals surface area (Å²) in [5, 5.41) is 8.27. The number of fused-ring (bicyclic) bond motifs is 7. The van der Waals surface area contributed by atoms with E-state index in [1.165, 1.54) is 37.0 Å². The Kier molecular flexibility index (Phi) is 7.71. The Hall–Kier alpha value is -7.08. The van der Waals surface area contributed by atoms with E-state index in [1.807, 2.05) is 23.5 Å².